The number of hydrogen-bond acceptors (Lipinski definition) is 4. The van der Waals surface area contributed by atoms with Crippen LogP contribution in [-0.4, -0.2) is 15.8 Å². The van der Waals surface area contributed by atoms with Crippen molar-refractivity contribution in [3.63, 3.8) is 0 Å². The van der Waals surface area contributed by atoms with E-state index in [1.165, 1.54) is 0 Å². The number of amides is 1. The Hall–Kier alpha value is -3.08. The van der Waals surface area contributed by atoms with E-state index < -0.39 is 0 Å². The van der Waals surface area contributed by atoms with Gasteiger partial charge in [0.1, 0.15) is 11.9 Å². The van der Waals surface area contributed by atoms with Crippen LogP contribution in [0.5, 0.6) is 0 Å². The first-order valence-electron chi connectivity index (χ1n) is 7.84. The fraction of sp³-hybridized carbons (Fsp3) is 0.158. The van der Waals surface area contributed by atoms with Crippen LogP contribution in [0.2, 0.25) is 0 Å². The van der Waals surface area contributed by atoms with Crippen molar-refractivity contribution in [2.75, 3.05) is 5.32 Å². The fourth-order valence-electron chi connectivity index (χ4n) is 3.00. The number of carbonyl (C=O) groups is 1. The number of para-hydroxylation sites is 1. The van der Waals surface area contributed by atoms with Crippen molar-refractivity contribution < 1.29 is 9.21 Å². The zero-order valence-corrected chi connectivity index (χ0v) is 13.3. The number of rotatable bonds is 4. The van der Waals surface area contributed by atoms with Crippen molar-refractivity contribution in [2.24, 2.45) is 0 Å². The number of hydrogen-bond donors (Lipinski definition) is 1. The van der Waals surface area contributed by atoms with Crippen molar-refractivity contribution in [2.45, 2.75) is 19.6 Å². The average Bonchev–Trinajstić information content (AvgIpc) is 3.20. The number of aryl methyl sites for hydroxylation is 1. The van der Waals surface area contributed by atoms with Crippen molar-refractivity contribution in [1.82, 2.24) is 9.88 Å². The summed E-state index contributed by atoms with van der Waals surface area (Å²) >= 11 is 0. The van der Waals surface area contributed by atoms with Gasteiger partial charge in [-0.3, -0.25) is 9.78 Å². The molecule has 0 bridgehead atoms. The van der Waals surface area contributed by atoms with E-state index in [1.54, 1.807) is 23.4 Å². The first-order valence-corrected chi connectivity index (χ1v) is 7.84. The Morgan fingerprint density at radius 3 is 2.83 bits per heavy atom. The molecule has 3 heterocycles. The Bertz CT molecular complexity index is 874. The zero-order valence-electron chi connectivity index (χ0n) is 13.3. The molecular formula is C19H17N3O2. The molecule has 1 aliphatic heterocycles. The molecule has 4 rings (SSSR count). The summed E-state index contributed by atoms with van der Waals surface area (Å²) in [5.74, 6) is 0.702. The van der Waals surface area contributed by atoms with Gasteiger partial charge in [0.15, 0.2) is 0 Å². The van der Waals surface area contributed by atoms with Gasteiger partial charge in [0, 0.05) is 11.9 Å². The Labute approximate surface area is 139 Å². The predicted octanol–water partition coefficient (Wildman–Crippen LogP) is 3.75. The summed E-state index contributed by atoms with van der Waals surface area (Å²) in [6.45, 7) is 2.43. The molecule has 1 unspecified atom stereocenters. The molecule has 0 saturated heterocycles. The molecule has 5 heteroatoms. The van der Waals surface area contributed by atoms with E-state index in [2.05, 4.69) is 10.3 Å². The first kappa shape index (κ1) is 14.5. The monoisotopic (exact) mass is 319 g/mol. The Balaban J connectivity index is 1.72. The Morgan fingerprint density at radius 1 is 1.17 bits per heavy atom. The summed E-state index contributed by atoms with van der Waals surface area (Å²) in [4.78, 5) is 19.0. The summed E-state index contributed by atoms with van der Waals surface area (Å²) in [7, 11) is 0. The highest BCUT2D eigenvalue weighted by Crippen LogP contribution is 2.34. The summed E-state index contributed by atoms with van der Waals surface area (Å²) in [6, 6.07) is 15.3. The molecule has 1 atom stereocenters. The third-order valence-corrected chi connectivity index (χ3v) is 4.24. The third-order valence-electron chi connectivity index (χ3n) is 4.24. The van der Waals surface area contributed by atoms with Crippen molar-refractivity contribution in [1.29, 1.82) is 0 Å². The summed E-state index contributed by atoms with van der Waals surface area (Å²) in [6.07, 6.45) is 3.01. The molecule has 5 nitrogen and oxygen atoms in total. The van der Waals surface area contributed by atoms with E-state index in [-0.39, 0.29) is 12.1 Å². The lowest BCUT2D eigenvalue weighted by Gasteiger charge is -2.26. The number of nitrogens with one attached hydrogen (secondary N) is 1. The van der Waals surface area contributed by atoms with Crippen LogP contribution >= 0.6 is 0 Å². The number of pyridine rings is 1. The van der Waals surface area contributed by atoms with E-state index in [4.69, 9.17) is 4.42 Å². The largest absolute Gasteiger partial charge is 0.467 e. The van der Waals surface area contributed by atoms with Gasteiger partial charge < -0.3 is 14.6 Å². The molecule has 1 amide bonds. The molecular weight excluding hydrogens is 302 g/mol. The molecule has 1 aliphatic rings. The lowest BCUT2D eigenvalue weighted by Crippen LogP contribution is -2.32. The van der Waals surface area contributed by atoms with Crippen LogP contribution in [0.3, 0.4) is 0 Å². The second-order valence-corrected chi connectivity index (χ2v) is 5.81. The van der Waals surface area contributed by atoms with Crippen LogP contribution in [0, 0.1) is 6.92 Å². The van der Waals surface area contributed by atoms with Crippen LogP contribution < -0.4 is 5.32 Å². The summed E-state index contributed by atoms with van der Waals surface area (Å²) in [5.41, 5.74) is 3.48. The topological polar surface area (TPSA) is 58.4 Å². The molecule has 1 N–H and O–H groups in total. The highest BCUT2D eigenvalue weighted by Gasteiger charge is 2.38. The number of nitrogens with zero attached hydrogens (tertiary/aromatic N) is 2. The minimum atomic E-state index is -0.320. The van der Waals surface area contributed by atoms with Gasteiger partial charge in [-0.2, -0.15) is 0 Å². The van der Waals surface area contributed by atoms with Crippen molar-refractivity contribution in [3.8, 4) is 0 Å². The van der Waals surface area contributed by atoms with E-state index in [0.29, 0.717) is 12.1 Å². The number of fused-ring (bicyclic) bond motifs is 1. The zero-order chi connectivity index (χ0) is 16.5. The molecule has 0 radical (unpaired) electrons. The van der Waals surface area contributed by atoms with E-state index >= 15 is 0 Å². The molecule has 1 aromatic carbocycles. The van der Waals surface area contributed by atoms with Gasteiger partial charge in [0.25, 0.3) is 5.91 Å². The lowest BCUT2D eigenvalue weighted by molar-refractivity contribution is 0.0714. The molecule has 0 fully saturated rings. The number of carbonyl (C=O) groups excluding carboxylic acids is 1. The highest BCUT2D eigenvalue weighted by molar-refractivity contribution is 5.98. The van der Waals surface area contributed by atoms with Crippen LogP contribution in [0.15, 0.2) is 65.4 Å². The molecule has 0 saturated carbocycles. The average molecular weight is 319 g/mol. The van der Waals surface area contributed by atoms with E-state index in [9.17, 15) is 4.79 Å². The lowest BCUT2D eigenvalue weighted by atomic mass is 10.1. The van der Waals surface area contributed by atoms with Gasteiger partial charge in [0.05, 0.1) is 24.1 Å². The molecule has 0 spiro atoms. The van der Waals surface area contributed by atoms with Gasteiger partial charge in [-0.25, -0.2) is 0 Å². The fourth-order valence-corrected chi connectivity index (χ4v) is 3.00. The molecule has 120 valence electrons. The number of anilines is 1. The van der Waals surface area contributed by atoms with Crippen LogP contribution in [0.4, 0.5) is 5.69 Å². The summed E-state index contributed by atoms with van der Waals surface area (Å²) < 4.78 is 5.42. The van der Waals surface area contributed by atoms with Crippen LogP contribution in [0.25, 0.3) is 0 Å². The highest BCUT2D eigenvalue weighted by atomic mass is 16.3. The quantitative estimate of drug-likeness (QED) is 0.795. The predicted molar refractivity (Wildman–Crippen MR) is 90.4 cm³/mol. The van der Waals surface area contributed by atoms with Gasteiger partial charge >= 0.3 is 0 Å². The Morgan fingerprint density at radius 2 is 2.04 bits per heavy atom. The van der Waals surface area contributed by atoms with Crippen LogP contribution in [-0.2, 0) is 6.54 Å². The maximum atomic E-state index is 12.8. The van der Waals surface area contributed by atoms with Gasteiger partial charge in [-0.05, 0) is 42.8 Å². The van der Waals surface area contributed by atoms with E-state index in [1.807, 2.05) is 49.4 Å². The first-order chi connectivity index (χ1) is 11.7. The minimum Gasteiger partial charge on any atom is -0.467 e. The van der Waals surface area contributed by atoms with Gasteiger partial charge in [0.2, 0.25) is 0 Å². The summed E-state index contributed by atoms with van der Waals surface area (Å²) in [5, 5.41) is 3.46. The molecule has 3 aromatic rings. The van der Waals surface area contributed by atoms with Gasteiger partial charge in [-0.1, -0.05) is 18.2 Å². The molecule has 24 heavy (non-hydrogen) atoms. The second-order valence-electron chi connectivity index (χ2n) is 5.81. The normalized spacial score (nSPS) is 16.3. The molecule has 0 aliphatic carbocycles. The second kappa shape index (κ2) is 5.85. The SMILES string of the molecule is Cc1ccccc1NC1c2ncccc2C(=O)N1Cc1ccco1. The van der Waals surface area contributed by atoms with Gasteiger partial charge in [-0.15, -0.1) is 0 Å². The maximum Gasteiger partial charge on any atom is 0.258 e. The van der Waals surface area contributed by atoms with Crippen molar-refractivity contribution >= 4 is 11.6 Å². The van der Waals surface area contributed by atoms with E-state index in [0.717, 1.165) is 22.7 Å². The number of furan rings is 1. The number of benzene rings is 1. The van der Waals surface area contributed by atoms with Crippen molar-refractivity contribution in [3.05, 3.63) is 83.6 Å². The Kier molecular flexibility index (Phi) is 3.54. The van der Waals surface area contributed by atoms with Crippen LogP contribution in [0.1, 0.15) is 33.5 Å². The maximum absolute atomic E-state index is 12.8. The standard InChI is InChI=1S/C19H17N3O2/c1-13-6-2-3-9-16(13)21-18-17-15(8-4-10-20-17)19(23)22(18)12-14-7-5-11-24-14/h2-11,18,21H,12H2,1H3. The number of aromatic nitrogens is 1. The third kappa shape index (κ3) is 2.44. The minimum absolute atomic E-state index is 0.0411. The molecule has 2 aromatic heterocycles. The smallest absolute Gasteiger partial charge is 0.258 e.